The third kappa shape index (κ3) is 5.67. The number of fused-ring (bicyclic) bond motifs is 4. The standard InChI is InChI=1S/C32H28BrClN4O4/c1-42-24-10-11-26(33)25(15-24)32(41)36-27-14-20(31(40)35-23-8-6-22(34)7-9-23)5-12-29(27)37-16-19-13-21(18-37)28-3-2-4-30(39)38(28)17-19/h2-12,14-15,19,21H,13,16-18H2,1H3,(H,35,40)(H,36,41). The van der Waals surface area contributed by atoms with Crippen molar-refractivity contribution in [3.05, 3.63) is 116 Å². The van der Waals surface area contributed by atoms with Crippen LogP contribution in [0.5, 0.6) is 5.75 Å². The summed E-state index contributed by atoms with van der Waals surface area (Å²) in [5.41, 5.74) is 3.80. The average molecular weight is 648 g/mol. The van der Waals surface area contributed by atoms with E-state index in [0.29, 0.717) is 50.8 Å². The molecule has 214 valence electrons. The van der Waals surface area contributed by atoms with Crippen molar-refractivity contribution in [2.75, 3.05) is 35.7 Å². The summed E-state index contributed by atoms with van der Waals surface area (Å²) in [4.78, 5) is 41.6. The fraction of sp³-hybridized carbons (Fsp3) is 0.219. The van der Waals surface area contributed by atoms with Gasteiger partial charge in [0.25, 0.3) is 17.4 Å². The molecule has 1 aromatic heterocycles. The van der Waals surface area contributed by atoms with E-state index in [2.05, 4.69) is 31.5 Å². The van der Waals surface area contributed by atoms with Crippen LogP contribution >= 0.6 is 27.5 Å². The second-order valence-corrected chi connectivity index (χ2v) is 11.9. The molecule has 4 aromatic rings. The number of carbonyl (C=O) groups is 2. The first-order chi connectivity index (χ1) is 20.3. The van der Waals surface area contributed by atoms with Crippen LogP contribution in [0.4, 0.5) is 17.1 Å². The van der Waals surface area contributed by atoms with E-state index in [4.69, 9.17) is 16.3 Å². The van der Waals surface area contributed by atoms with Gasteiger partial charge in [0.2, 0.25) is 0 Å². The molecule has 2 aliphatic heterocycles. The van der Waals surface area contributed by atoms with Crippen molar-refractivity contribution in [3.63, 3.8) is 0 Å². The van der Waals surface area contributed by atoms with Crippen molar-refractivity contribution in [1.82, 2.24) is 4.57 Å². The maximum absolute atomic E-state index is 13.6. The lowest BCUT2D eigenvalue weighted by molar-refractivity contribution is 0.101. The van der Waals surface area contributed by atoms with Gasteiger partial charge in [-0.25, -0.2) is 0 Å². The fourth-order valence-electron chi connectivity index (χ4n) is 5.88. The predicted molar refractivity (Wildman–Crippen MR) is 168 cm³/mol. The van der Waals surface area contributed by atoms with Crippen LogP contribution in [-0.2, 0) is 6.54 Å². The molecule has 2 aliphatic rings. The predicted octanol–water partition coefficient (Wildman–Crippen LogP) is 6.40. The van der Waals surface area contributed by atoms with E-state index in [-0.39, 0.29) is 29.2 Å². The molecule has 3 aromatic carbocycles. The minimum absolute atomic E-state index is 0.0310. The van der Waals surface area contributed by atoms with E-state index >= 15 is 0 Å². The van der Waals surface area contributed by atoms with Gasteiger partial charge in [0, 0.05) is 58.1 Å². The summed E-state index contributed by atoms with van der Waals surface area (Å²) in [5, 5.41) is 6.52. The van der Waals surface area contributed by atoms with Crippen molar-refractivity contribution in [3.8, 4) is 5.75 Å². The summed E-state index contributed by atoms with van der Waals surface area (Å²) < 4.78 is 7.84. The van der Waals surface area contributed by atoms with Crippen LogP contribution in [0.2, 0.25) is 5.02 Å². The number of ether oxygens (including phenoxy) is 1. The second kappa shape index (κ2) is 11.7. The molecule has 42 heavy (non-hydrogen) atoms. The van der Waals surface area contributed by atoms with Gasteiger partial charge in [0.05, 0.1) is 24.0 Å². The molecule has 2 N–H and O–H groups in total. The van der Waals surface area contributed by atoms with E-state index < -0.39 is 0 Å². The smallest absolute Gasteiger partial charge is 0.257 e. The number of benzene rings is 3. The molecule has 2 amide bonds. The molecular formula is C32H28BrClN4O4. The highest BCUT2D eigenvalue weighted by molar-refractivity contribution is 9.10. The van der Waals surface area contributed by atoms with Crippen LogP contribution in [0.3, 0.4) is 0 Å². The molecule has 6 rings (SSSR count). The Morgan fingerprint density at radius 2 is 1.74 bits per heavy atom. The fourth-order valence-corrected chi connectivity index (χ4v) is 6.43. The number of aromatic nitrogens is 1. The normalized spacial score (nSPS) is 17.3. The first-order valence-corrected chi connectivity index (χ1v) is 14.8. The zero-order chi connectivity index (χ0) is 29.4. The van der Waals surface area contributed by atoms with Gasteiger partial charge in [0.15, 0.2) is 0 Å². The first-order valence-electron chi connectivity index (χ1n) is 13.6. The van der Waals surface area contributed by atoms with Gasteiger partial charge in [0.1, 0.15) is 5.75 Å². The van der Waals surface area contributed by atoms with Crippen LogP contribution < -0.4 is 25.8 Å². The minimum Gasteiger partial charge on any atom is -0.497 e. The number of piperidine rings is 1. The summed E-state index contributed by atoms with van der Waals surface area (Å²) >= 11 is 9.47. The molecule has 0 saturated carbocycles. The summed E-state index contributed by atoms with van der Waals surface area (Å²) in [6, 6.07) is 22.9. The summed E-state index contributed by atoms with van der Waals surface area (Å²) in [7, 11) is 1.55. The number of hydrogen-bond acceptors (Lipinski definition) is 5. The molecule has 2 unspecified atom stereocenters. The Morgan fingerprint density at radius 1 is 0.929 bits per heavy atom. The SMILES string of the molecule is COc1ccc(Br)c(C(=O)Nc2cc(C(=O)Nc3ccc(Cl)cc3)ccc2N2CC3CC(C2)c2cccc(=O)n2C3)c1. The van der Waals surface area contributed by atoms with Gasteiger partial charge in [-0.2, -0.15) is 0 Å². The monoisotopic (exact) mass is 646 g/mol. The number of nitrogens with one attached hydrogen (secondary N) is 2. The summed E-state index contributed by atoms with van der Waals surface area (Å²) in [6.45, 7) is 2.06. The Morgan fingerprint density at radius 3 is 2.52 bits per heavy atom. The zero-order valence-corrected chi connectivity index (χ0v) is 25.1. The quantitative estimate of drug-likeness (QED) is 0.253. The number of pyridine rings is 1. The third-order valence-corrected chi connectivity index (χ3v) is 8.79. The van der Waals surface area contributed by atoms with Gasteiger partial charge in [-0.15, -0.1) is 0 Å². The van der Waals surface area contributed by atoms with Crippen molar-refractivity contribution in [2.24, 2.45) is 5.92 Å². The molecule has 0 radical (unpaired) electrons. The Balaban J connectivity index is 1.34. The van der Waals surface area contributed by atoms with Crippen LogP contribution in [0.1, 0.15) is 38.7 Å². The van der Waals surface area contributed by atoms with Gasteiger partial charge in [-0.3, -0.25) is 14.4 Å². The number of halogens is 2. The van der Waals surface area contributed by atoms with Crippen LogP contribution in [0.15, 0.2) is 88.1 Å². The molecule has 1 saturated heterocycles. The van der Waals surface area contributed by atoms with Gasteiger partial charge < -0.3 is 24.8 Å². The Labute approximate surface area is 256 Å². The van der Waals surface area contributed by atoms with E-state index in [9.17, 15) is 14.4 Å². The number of amides is 2. The van der Waals surface area contributed by atoms with E-state index in [1.165, 1.54) is 0 Å². The van der Waals surface area contributed by atoms with Crippen molar-refractivity contribution >= 4 is 56.4 Å². The second-order valence-electron chi connectivity index (χ2n) is 10.6. The topological polar surface area (TPSA) is 92.7 Å². The molecule has 2 bridgehead atoms. The van der Waals surface area contributed by atoms with Crippen molar-refractivity contribution in [1.29, 1.82) is 0 Å². The zero-order valence-electron chi connectivity index (χ0n) is 22.8. The number of rotatable bonds is 6. The van der Waals surface area contributed by atoms with E-state index in [1.54, 1.807) is 67.8 Å². The number of carbonyl (C=O) groups excluding carboxylic acids is 2. The Kier molecular flexibility index (Phi) is 7.79. The molecule has 2 atom stereocenters. The Hall–Kier alpha value is -4.08. The van der Waals surface area contributed by atoms with Crippen LogP contribution in [0, 0.1) is 5.92 Å². The maximum atomic E-state index is 13.6. The Bertz CT molecular complexity index is 1740. The van der Waals surface area contributed by atoms with Crippen molar-refractivity contribution < 1.29 is 14.3 Å². The lowest BCUT2D eigenvalue weighted by Gasteiger charge is -2.44. The highest BCUT2D eigenvalue weighted by atomic mass is 79.9. The summed E-state index contributed by atoms with van der Waals surface area (Å²) in [6.07, 6.45) is 1.000. The van der Waals surface area contributed by atoms with Gasteiger partial charge >= 0.3 is 0 Å². The maximum Gasteiger partial charge on any atom is 0.257 e. The molecular weight excluding hydrogens is 620 g/mol. The number of nitrogens with zero attached hydrogens (tertiary/aromatic N) is 2. The van der Waals surface area contributed by atoms with Crippen LogP contribution in [-0.4, -0.2) is 36.6 Å². The molecule has 8 nitrogen and oxygen atoms in total. The molecule has 3 heterocycles. The minimum atomic E-state index is -0.341. The highest BCUT2D eigenvalue weighted by Crippen LogP contribution is 2.39. The highest BCUT2D eigenvalue weighted by Gasteiger charge is 2.35. The molecule has 1 fully saturated rings. The average Bonchev–Trinajstić information content (AvgIpc) is 2.99. The van der Waals surface area contributed by atoms with E-state index in [1.807, 2.05) is 22.8 Å². The summed E-state index contributed by atoms with van der Waals surface area (Å²) in [5.74, 6) is 0.352. The lowest BCUT2D eigenvalue weighted by atomic mass is 9.83. The number of hydrogen-bond donors (Lipinski definition) is 2. The van der Waals surface area contributed by atoms with E-state index in [0.717, 1.165) is 24.3 Å². The van der Waals surface area contributed by atoms with Gasteiger partial charge in [-0.1, -0.05) is 17.7 Å². The molecule has 0 spiro atoms. The number of methoxy groups -OCH3 is 1. The van der Waals surface area contributed by atoms with Crippen LogP contribution in [0.25, 0.3) is 0 Å². The largest absolute Gasteiger partial charge is 0.497 e. The van der Waals surface area contributed by atoms with Gasteiger partial charge in [-0.05, 0) is 95.0 Å². The van der Waals surface area contributed by atoms with Crippen molar-refractivity contribution in [2.45, 2.75) is 18.9 Å². The third-order valence-electron chi connectivity index (χ3n) is 7.85. The molecule has 0 aliphatic carbocycles. The lowest BCUT2D eigenvalue weighted by Crippen LogP contribution is -2.47. The molecule has 10 heteroatoms. The first kappa shape index (κ1) is 28.1. The number of anilines is 3.